The molecule has 0 spiro atoms. The molecule has 1 aliphatic rings. The summed E-state index contributed by atoms with van der Waals surface area (Å²) in [6, 6.07) is 7.98. The van der Waals surface area contributed by atoms with Crippen LogP contribution in [0, 0.1) is 15.9 Å². The fraction of sp³-hybridized carbons (Fsp3) is 0.273. The van der Waals surface area contributed by atoms with Crippen LogP contribution in [0.15, 0.2) is 42.5 Å². The van der Waals surface area contributed by atoms with Crippen LogP contribution in [-0.2, 0) is 16.1 Å². The van der Waals surface area contributed by atoms with Crippen molar-refractivity contribution < 1.29 is 28.5 Å². The van der Waals surface area contributed by atoms with Crippen LogP contribution >= 0.6 is 0 Å². The van der Waals surface area contributed by atoms with Gasteiger partial charge in [-0.15, -0.1) is 0 Å². The van der Waals surface area contributed by atoms with Crippen molar-refractivity contribution in [2.24, 2.45) is 0 Å². The average Bonchev–Trinajstić information content (AvgIpc) is 3.06. The van der Waals surface area contributed by atoms with E-state index in [1.807, 2.05) is 0 Å². The number of nitro groups is 1. The Labute approximate surface area is 188 Å². The maximum absolute atomic E-state index is 13.0. The number of benzene rings is 2. The van der Waals surface area contributed by atoms with Crippen LogP contribution in [-0.4, -0.2) is 57.5 Å². The van der Waals surface area contributed by atoms with Gasteiger partial charge in [0.05, 0.1) is 17.0 Å². The average molecular weight is 456 g/mol. The van der Waals surface area contributed by atoms with Gasteiger partial charge in [-0.1, -0.05) is 18.2 Å². The molecule has 33 heavy (non-hydrogen) atoms. The van der Waals surface area contributed by atoms with E-state index in [0.717, 1.165) is 6.07 Å². The number of amides is 4. The molecule has 1 N–H and O–H groups in total. The van der Waals surface area contributed by atoms with Crippen molar-refractivity contribution in [3.8, 4) is 0 Å². The minimum atomic E-state index is -1.28. The predicted octanol–water partition coefficient (Wildman–Crippen LogP) is 1.88. The van der Waals surface area contributed by atoms with Crippen molar-refractivity contribution in [3.63, 3.8) is 0 Å². The number of carbonyl (C=O) groups excluding carboxylic acids is 4. The van der Waals surface area contributed by atoms with Gasteiger partial charge in [-0.25, -0.2) is 4.39 Å². The molecule has 172 valence electrons. The second-order valence-corrected chi connectivity index (χ2v) is 7.37. The SMILES string of the molecule is CCN(CC(=O)NCc1ccc(F)cc1)C(=O)C(C)N1C(=O)c2cccc([N+](=O)[O-])c2C1=O. The van der Waals surface area contributed by atoms with Crippen LogP contribution in [0.25, 0.3) is 0 Å². The van der Waals surface area contributed by atoms with Gasteiger partial charge in [0, 0.05) is 19.2 Å². The van der Waals surface area contributed by atoms with Gasteiger partial charge in [0.1, 0.15) is 17.4 Å². The van der Waals surface area contributed by atoms with Crippen LogP contribution in [0.4, 0.5) is 10.1 Å². The molecule has 0 saturated carbocycles. The summed E-state index contributed by atoms with van der Waals surface area (Å²) in [5, 5.41) is 13.9. The number of imide groups is 1. The Morgan fingerprint density at radius 1 is 1.15 bits per heavy atom. The lowest BCUT2D eigenvalue weighted by atomic mass is 10.1. The van der Waals surface area contributed by atoms with E-state index in [-0.39, 0.29) is 30.8 Å². The number of halogens is 1. The molecule has 0 bridgehead atoms. The second-order valence-electron chi connectivity index (χ2n) is 7.37. The van der Waals surface area contributed by atoms with Crippen molar-refractivity contribution in [1.29, 1.82) is 0 Å². The molecule has 1 aliphatic heterocycles. The smallest absolute Gasteiger partial charge is 0.282 e. The molecule has 0 radical (unpaired) electrons. The summed E-state index contributed by atoms with van der Waals surface area (Å²) < 4.78 is 13.0. The highest BCUT2D eigenvalue weighted by Gasteiger charge is 2.45. The number of likely N-dealkylation sites (N-methyl/N-ethyl adjacent to an activating group) is 1. The summed E-state index contributed by atoms with van der Waals surface area (Å²) in [7, 11) is 0. The number of carbonyl (C=O) groups is 4. The zero-order valence-electron chi connectivity index (χ0n) is 17.9. The summed E-state index contributed by atoms with van der Waals surface area (Å²) in [5.74, 6) is -3.29. The standard InChI is InChI=1S/C22H21FN4O6/c1-3-25(12-18(28)24-11-14-7-9-15(23)10-8-14)20(29)13(2)26-21(30)16-5-4-6-17(27(32)33)19(16)22(26)31/h4-10,13H,3,11-12H2,1-2H3,(H,24,28). The quantitative estimate of drug-likeness (QED) is 0.367. The van der Waals surface area contributed by atoms with E-state index >= 15 is 0 Å². The Hall–Kier alpha value is -4.15. The summed E-state index contributed by atoms with van der Waals surface area (Å²) in [4.78, 5) is 63.2. The van der Waals surface area contributed by atoms with Crippen molar-refractivity contribution in [2.45, 2.75) is 26.4 Å². The van der Waals surface area contributed by atoms with Gasteiger partial charge >= 0.3 is 0 Å². The first-order valence-electron chi connectivity index (χ1n) is 10.1. The molecule has 0 saturated heterocycles. The van der Waals surface area contributed by atoms with Crippen LogP contribution in [0.2, 0.25) is 0 Å². The van der Waals surface area contributed by atoms with Crippen molar-refractivity contribution in [3.05, 3.63) is 75.1 Å². The number of hydrogen-bond donors (Lipinski definition) is 1. The largest absolute Gasteiger partial charge is 0.350 e. The zero-order valence-corrected chi connectivity index (χ0v) is 17.9. The first-order valence-corrected chi connectivity index (χ1v) is 10.1. The summed E-state index contributed by atoms with van der Waals surface area (Å²) in [6.07, 6.45) is 0. The molecule has 1 heterocycles. The normalized spacial score (nSPS) is 13.5. The second kappa shape index (κ2) is 9.55. The topological polar surface area (TPSA) is 130 Å². The van der Waals surface area contributed by atoms with Gasteiger partial charge in [-0.2, -0.15) is 0 Å². The molecule has 2 aromatic rings. The number of nitrogens with one attached hydrogen (secondary N) is 1. The van der Waals surface area contributed by atoms with Crippen LogP contribution in [0.1, 0.15) is 40.1 Å². The Kier molecular flexibility index (Phi) is 6.80. The molecule has 3 rings (SSSR count). The van der Waals surface area contributed by atoms with Gasteiger partial charge in [0.15, 0.2) is 0 Å². The lowest BCUT2D eigenvalue weighted by molar-refractivity contribution is -0.385. The number of nitro benzene ring substituents is 1. The van der Waals surface area contributed by atoms with Gasteiger partial charge in [-0.3, -0.25) is 34.2 Å². The van der Waals surface area contributed by atoms with Crippen LogP contribution in [0.3, 0.4) is 0 Å². The molecule has 0 aliphatic carbocycles. The molecule has 1 atom stereocenters. The van der Waals surface area contributed by atoms with E-state index in [0.29, 0.717) is 10.5 Å². The molecule has 1 unspecified atom stereocenters. The molecule has 4 amide bonds. The lowest BCUT2D eigenvalue weighted by Crippen LogP contribution is -2.51. The third-order valence-corrected chi connectivity index (χ3v) is 5.30. The highest BCUT2D eigenvalue weighted by molar-refractivity contribution is 6.24. The minimum Gasteiger partial charge on any atom is -0.350 e. The monoisotopic (exact) mass is 456 g/mol. The molecule has 10 nitrogen and oxygen atoms in total. The first-order chi connectivity index (χ1) is 15.6. The summed E-state index contributed by atoms with van der Waals surface area (Å²) >= 11 is 0. The Balaban J connectivity index is 1.69. The van der Waals surface area contributed by atoms with Crippen molar-refractivity contribution >= 4 is 29.3 Å². The van der Waals surface area contributed by atoms with E-state index in [9.17, 15) is 33.7 Å². The fourth-order valence-electron chi connectivity index (χ4n) is 3.54. The number of hydrogen-bond acceptors (Lipinski definition) is 6. The maximum Gasteiger partial charge on any atom is 0.282 e. The van der Waals surface area contributed by atoms with Gasteiger partial charge in [0.2, 0.25) is 11.8 Å². The Bertz CT molecular complexity index is 1130. The fourth-order valence-corrected chi connectivity index (χ4v) is 3.54. The third-order valence-electron chi connectivity index (χ3n) is 5.30. The lowest BCUT2D eigenvalue weighted by Gasteiger charge is -2.28. The maximum atomic E-state index is 13.0. The van der Waals surface area contributed by atoms with Gasteiger partial charge in [-0.05, 0) is 37.6 Å². The Morgan fingerprint density at radius 2 is 1.82 bits per heavy atom. The van der Waals surface area contributed by atoms with Gasteiger partial charge in [0.25, 0.3) is 17.5 Å². The highest BCUT2D eigenvalue weighted by atomic mass is 19.1. The number of fused-ring (bicyclic) bond motifs is 1. The molecule has 11 heteroatoms. The van der Waals surface area contributed by atoms with Crippen molar-refractivity contribution in [1.82, 2.24) is 15.1 Å². The van der Waals surface area contributed by atoms with Crippen LogP contribution in [0.5, 0.6) is 0 Å². The molecule has 0 fully saturated rings. The molecule has 0 aromatic heterocycles. The minimum absolute atomic E-state index is 0.121. The van der Waals surface area contributed by atoms with Crippen LogP contribution < -0.4 is 5.32 Å². The van der Waals surface area contributed by atoms with Gasteiger partial charge < -0.3 is 10.2 Å². The number of rotatable bonds is 8. The number of nitrogens with zero attached hydrogens (tertiary/aromatic N) is 3. The third kappa shape index (κ3) is 4.71. The zero-order chi connectivity index (χ0) is 24.3. The molecular weight excluding hydrogens is 435 g/mol. The van der Waals surface area contributed by atoms with E-state index in [2.05, 4.69) is 5.32 Å². The molecular formula is C22H21FN4O6. The van der Waals surface area contributed by atoms with Crippen molar-refractivity contribution in [2.75, 3.05) is 13.1 Å². The van der Waals surface area contributed by atoms with E-state index in [1.165, 1.54) is 48.2 Å². The Morgan fingerprint density at radius 3 is 2.42 bits per heavy atom. The summed E-state index contributed by atoms with van der Waals surface area (Å²) in [5.41, 5.74) is -0.346. The first kappa shape index (κ1) is 23.5. The highest BCUT2D eigenvalue weighted by Crippen LogP contribution is 2.32. The summed E-state index contributed by atoms with van der Waals surface area (Å²) in [6.45, 7) is 2.88. The predicted molar refractivity (Wildman–Crippen MR) is 114 cm³/mol. The van der Waals surface area contributed by atoms with E-state index < -0.39 is 46.1 Å². The molecule has 2 aromatic carbocycles. The van der Waals surface area contributed by atoms with E-state index in [1.54, 1.807) is 6.92 Å². The van der Waals surface area contributed by atoms with E-state index in [4.69, 9.17) is 0 Å².